The van der Waals surface area contributed by atoms with Crippen molar-refractivity contribution < 1.29 is 4.74 Å². The lowest BCUT2D eigenvalue weighted by molar-refractivity contribution is 0.370. The molecule has 0 aromatic heterocycles. The second-order valence-corrected chi connectivity index (χ2v) is 2.71. The molecule has 1 nitrogen and oxygen atoms in total. The standard InChI is InChI=1S/C13H16O.2C2H6/c1-5-6-7-8-11-14-13(4)10-9-12(2)3;2*1-2/h5-11H,1-2,4H2,3H3;2*1-2H3/b7-6-,10-9-,11-8+;;. The van der Waals surface area contributed by atoms with Crippen LogP contribution >= 0.6 is 0 Å². The molecule has 102 valence electrons. The minimum Gasteiger partial charge on any atom is -0.466 e. The molecule has 1 heteroatoms. The molecule has 0 aliphatic rings. The van der Waals surface area contributed by atoms with Crippen LogP contribution in [0.1, 0.15) is 34.6 Å². The quantitative estimate of drug-likeness (QED) is 0.416. The molecule has 0 aliphatic carbocycles. The normalized spacial score (nSPS) is 9.39. The fourth-order valence-electron chi connectivity index (χ4n) is 0.589. The van der Waals surface area contributed by atoms with Crippen molar-refractivity contribution >= 4 is 0 Å². The first-order chi connectivity index (χ1) is 8.66. The molecular weight excluding hydrogens is 220 g/mol. The Balaban J connectivity index is -0.000000506. The Kier molecular flexibility index (Phi) is 24.7. The third-order valence-electron chi connectivity index (χ3n) is 1.21. The van der Waals surface area contributed by atoms with Gasteiger partial charge in [-0.15, -0.1) is 0 Å². The van der Waals surface area contributed by atoms with Gasteiger partial charge in [-0.25, -0.2) is 0 Å². The maximum atomic E-state index is 5.15. The zero-order valence-electron chi connectivity index (χ0n) is 12.6. The van der Waals surface area contributed by atoms with Gasteiger partial charge in [0.1, 0.15) is 5.76 Å². The van der Waals surface area contributed by atoms with Crippen LogP contribution < -0.4 is 0 Å². The highest BCUT2D eigenvalue weighted by atomic mass is 16.5. The molecule has 0 unspecified atom stereocenters. The lowest BCUT2D eigenvalue weighted by Crippen LogP contribution is -1.76. The van der Waals surface area contributed by atoms with Crippen molar-refractivity contribution in [1.29, 1.82) is 0 Å². The van der Waals surface area contributed by atoms with Gasteiger partial charge >= 0.3 is 0 Å². The summed E-state index contributed by atoms with van der Waals surface area (Å²) in [5.74, 6) is 0.580. The topological polar surface area (TPSA) is 9.23 Å². The maximum Gasteiger partial charge on any atom is 0.119 e. The molecule has 0 N–H and O–H groups in total. The van der Waals surface area contributed by atoms with Crippen LogP contribution in [0.15, 0.2) is 73.8 Å². The van der Waals surface area contributed by atoms with Crippen LogP contribution in [0.5, 0.6) is 0 Å². The van der Waals surface area contributed by atoms with Crippen molar-refractivity contribution in [1.82, 2.24) is 0 Å². The highest BCUT2D eigenvalue weighted by Crippen LogP contribution is 1.99. The Bertz CT molecular complexity index is 291. The van der Waals surface area contributed by atoms with Gasteiger partial charge in [-0.3, -0.25) is 0 Å². The second kappa shape index (κ2) is 20.6. The molecule has 0 atom stereocenters. The van der Waals surface area contributed by atoms with Crippen LogP contribution in [0.2, 0.25) is 0 Å². The minimum absolute atomic E-state index is 0.580. The Labute approximate surface area is 114 Å². The molecule has 0 aromatic rings. The van der Waals surface area contributed by atoms with Gasteiger partial charge in [0.05, 0.1) is 6.26 Å². The predicted molar refractivity (Wildman–Crippen MR) is 85.4 cm³/mol. The summed E-state index contributed by atoms with van der Waals surface area (Å²) in [4.78, 5) is 0. The zero-order chi connectivity index (χ0) is 14.8. The fraction of sp³-hybridized carbons (Fsp3) is 0.294. The fourth-order valence-corrected chi connectivity index (χ4v) is 0.589. The van der Waals surface area contributed by atoms with E-state index in [-0.39, 0.29) is 0 Å². The Morgan fingerprint density at radius 1 is 0.889 bits per heavy atom. The van der Waals surface area contributed by atoms with E-state index in [2.05, 4.69) is 19.7 Å². The number of allylic oxidation sites excluding steroid dienone is 7. The van der Waals surface area contributed by atoms with Crippen LogP contribution in [0.25, 0.3) is 0 Å². The van der Waals surface area contributed by atoms with E-state index in [0.29, 0.717) is 5.76 Å². The molecule has 0 rings (SSSR count). The van der Waals surface area contributed by atoms with Crippen molar-refractivity contribution in [3.8, 4) is 0 Å². The van der Waals surface area contributed by atoms with E-state index >= 15 is 0 Å². The van der Waals surface area contributed by atoms with E-state index in [1.807, 2.05) is 52.8 Å². The van der Waals surface area contributed by atoms with Gasteiger partial charge < -0.3 is 4.74 Å². The van der Waals surface area contributed by atoms with Gasteiger partial charge in [0.2, 0.25) is 0 Å². The van der Waals surface area contributed by atoms with Crippen molar-refractivity contribution in [3.63, 3.8) is 0 Å². The van der Waals surface area contributed by atoms with E-state index in [1.165, 1.54) is 0 Å². The first-order valence-corrected chi connectivity index (χ1v) is 6.30. The monoisotopic (exact) mass is 248 g/mol. The van der Waals surface area contributed by atoms with E-state index < -0.39 is 0 Å². The van der Waals surface area contributed by atoms with Crippen molar-refractivity contribution in [2.24, 2.45) is 0 Å². The molecule has 0 heterocycles. The number of ether oxygens (including phenoxy) is 1. The van der Waals surface area contributed by atoms with Gasteiger partial charge in [-0.05, 0) is 19.1 Å². The summed E-state index contributed by atoms with van der Waals surface area (Å²) in [5.41, 5.74) is 0.963. The summed E-state index contributed by atoms with van der Waals surface area (Å²) < 4.78 is 5.15. The van der Waals surface area contributed by atoms with E-state index in [0.717, 1.165) is 5.57 Å². The highest BCUT2D eigenvalue weighted by molar-refractivity contribution is 5.20. The van der Waals surface area contributed by atoms with Crippen LogP contribution in [-0.4, -0.2) is 0 Å². The number of hydrogen-bond acceptors (Lipinski definition) is 1. The number of rotatable bonds is 6. The minimum atomic E-state index is 0.580. The Morgan fingerprint density at radius 2 is 1.44 bits per heavy atom. The van der Waals surface area contributed by atoms with Crippen molar-refractivity contribution in [3.05, 3.63) is 73.8 Å². The van der Waals surface area contributed by atoms with Crippen molar-refractivity contribution in [2.45, 2.75) is 34.6 Å². The van der Waals surface area contributed by atoms with Gasteiger partial charge in [0.25, 0.3) is 0 Å². The SMILES string of the molecule is C=C/C=C\C=C\OC(=C)/C=C\C(=C)C.CC.CC. The third-order valence-corrected chi connectivity index (χ3v) is 1.21. The van der Waals surface area contributed by atoms with Crippen LogP contribution in [0.4, 0.5) is 0 Å². The van der Waals surface area contributed by atoms with Crippen LogP contribution in [-0.2, 0) is 4.74 Å². The summed E-state index contributed by atoms with van der Waals surface area (Å²) in [6.45, 7) is 20.9. The van der Waals surface area contributed by atoms with E-state index in [1.54, 1.807) is 24.5 Å². The van der Waals surface area contributed by atoms with Gasteiger partial charge in [0, 0.05) is 0 Å². The average Bonchev–Trinajstić information content (AvgIpc) is 2.41. The largest absolute Gasteiger partial charge is 0.466 e. The molecule has 0 saturated carbocycles. The zero-order valence-corrected chi connectivity index (χ0v) is 12.6. The summed E-state index contributed by atoms with van der Waals surface area (Å²) >= 11 is 0. The first-order valence-electron chi connectivity index (χ1n) is 6.30. The molecule has 0 bridgehead atoms. The van der Waals surface area contributed by atoms with Gasteiger partial charge in [-0.2, -0.15) is 0 Å². The molecule has 0 aliphatic heterocycles. The predicted octanol–water partition coefficient (Wildman–Crippen LogP) is 5.96. The second-order valence-electron chi connectivity index (χ2n) is 2.71. The van der Waals surface area contributed by atoms with Crippen LogP contribution in [0.3, 0.4) is 0 Å². The van der Waals surface area contributed by atoms with Gasteiger partial charge in [0.15, 0.2) is 0 Å². The molecule has 0 saturated heterocycles. The molecule has 18 heavy (non-hydrogen) atoms. The van der Waals surface area contributed by atoms with E-state index in [9.17, 15) is 0 Å². The third kappa shape index (κ3) is 23.8. The Morgan fingerprint density at radius 3 is 1.89 bits per heavy atom. The first kappa shape index (κ1) is 21.5. The molecular formula is C17H28O. The summed E-state index contributed by atoms with van der Waals surface area (Å²) in [6.07, 6.45) is 12.3. The average molecular weight is 248 g/mol. The summed E-state index contributed by atoms with van der Waals surface area (Å²) in [6, 6.07) is 0. The highest BCUT2D eigenvalue weighted by Gasteiger charge is 1.82. The smallest absolute Gasteiger partial charge is 0.119 e. The summed E-state index contributed by atoms with van der Waals surface area (Å²) in [7, 11) is 0. The molecule has 0 amide bonds. The summed E-state index contributed by atoms with van der Waals surface area (Å²) in [5, 5.41) is 0. The maximum absolute atomic E-state index is 5.15. The van der Waals surface area contributed by atoms with Crippen molar-refractivity contribution in [2.75, 3.05) is 0 Å². The molecule has 0 fully saturated rings. The molecule has 0 aromatic carbocycles. The van der Waals surface area contributed by atoms with Crippen LogP contribution in [0, 0.1) is 0 Å². The van der Waals surface area contributed by atoms with Gasteiger partial charge in [-0.1, -0.05) is 77.3 Å². The Hall–Kier alpha value is -1.76. The number of hydrogen-bond donors (Lipinski definition) is 0. The lowest BCUT2D eigenvalue weighted by Gasteiger charge is -1.96. The molecule has 0 spiro atoms. The molecule has 0 radical (unpaired) electrons. The van der Waals surface area contributed by atoms with E-state index in [4.69, 9.17) is 4.74 Å². The lowest BCUT2D eigenvalue weighted by atomic mass is 10.3.